The van der Waals surface area contributed by atoms with Crippen molar-refractivity contribution in [1.82, 2.24) is 4.98 Å². The molecule has 5 heteroatoms. The van der Waals surface area contributed by atoms with Crippen molar-refractivity contribution in [2.24, 2.45) is 0 Å². The number of hydrogen-bond acceptors (Lipinski definition) is 5. The Morgan fingerprint density at radius 3 is 2.73 bits per heavy atom. The largest absolute Gasteiger partial charge is 0.478 e. The van der Waals surface area contributed by atoms with Gasteiger partial charge >= 0.3 is 5.97 Å². The summed E-state index contributed by atoms with van der Waals surface area (Å²) in [6, 6.07) is 3.02. The maximum absolute atomic E-state index is 11.4. The lowest BCUT2D eigenvalue weighted by molar-refractivity contribution is 0.0518. The summed E-state index contributed by atoms with van der Waals surface area (Å²) in [5.74, 6) is -0.161. The molecule has 2 N–H and O–H groups in total. The first kappa shape index (κ1) is 11.3. The molecule has 0 aromatic carbocycles. The van der Waals surface area contributed by atoms with Crippen LogP contribution in [0.3, 0.4) is 0 Å². The van der Waals surface area contributed by atoms with Gasteiger partial charge in [0.1, 0.15) is 0 Å². The fourth-order valence-electron chi connectivity index (χ4n) is 1.06. The third kappa shape index (κ3) is 3.12. The molecule has 1 rings (SSSR count). The molecule has 0 unspecified atom stereocenters. The van der Waals surface area contributed by atoms with Crippen LogP contribution in [0, 0.1) is 0 Å². The quantitative estimate of drug-likeness (QED) is 0.757. The summed E-state index contributed by atoms with van der Waals surface area (Å²) in [5, 5.41) is 0. The first-order valence-electron chi connectivity index (χ1n) is 4.74. The molecule has 0 aliphatic heterocycles. The highest BCUT2D eigenvalue weighted by Gasteiger charge is 2.10. The van der Waals surface area contributed by atoms with E-state index >= 15 is 0 Å². The third-order valence-corrected chi connectivity index (χ3v) is 1.60. The van der Waals surface area contributed by atoms with Crippen LogP contribution in [0.15, 0.2) is 12.1 Å². The van der Waals surface area contributed by atoms with E-state index < -0.39 is 5.97 Å². The number of nitrogens with zero attached hydrogens (tertiary/aromatic N) is 1. The van der Waals surface area contributed by atoms with Crippen molar-refractivity contribution in [2.45, 2.75) is 13.8 Å². The molecule has 5 nitrogen and oxygen atoms in total. The summed E-state index contributed by atoms with van der Waals surface area (Å²) >= 11 is 0. The Labute approximate surface area is 88.2 Å². The number of pyridine rings is 1. The summed E-state index contributed by atoms with van der Waals surface area (Å²) in [6.07, 6.45) is 0. The molecule has 0 spiro atoms. The zero-order valence-corrected chi connectivity index (χ0v) is 8.82. The Balaban J connectivity index is 2.92. The zero-order valence-electron chi connectivity index (χ0n) is 8.82. The normalized spacial score (nSPS) is 9.73. The number of nitrogen functional groups attached to an aromatic ring is 1. The molecule has 0 radical (unpaired) electrons. The van der Waals surface area contributed by atoms with Gasteiger partial charge in [-0.15, -0.1) is 0 Å². The summed E-state index contributed by atoms with van der Waals surface area (Å²) in [7, 11) is 0. The second kappa shape index (κ2) is 5.19. The van der Waals surface area contributed by atoms with Gasteiger partial charge in [-0.1, -0.05) is 0 Å². The summed E-state index contributed by atoms with van der Waals surface area (Å²) in [6.45, 7) is 4.33. The van der Waals surface area contributed by atoms with E-state index in [0.29, 0.717) is 24.8 Å². The van der Waals surface area contributed by atoms with Crippen molar-refractivity contribution >= 4 is 11.7 Å². The molecule has 1 aromatic rings. The predicted molar refractivity (Wildman–Crippen MR) is 55.8 cm³/mol. The van der Waals surface area contributed by atoms with Gasteiger partial charge in [0.05, 0.1) is 13.2 Å². The molecule has 0 aliphatic carbocycles. The number of hydrogen-bond donors (Lipinski definition) is 1. The molecule has 0 amide bonds. The van der Waals surface area contributed by atoms with Gasteiger partial charge in [-0.3, -0.25) is 0 Å². The van der Waals surface area contributed by atoms with Crippen LogP contribution in [0.1, 0.15) is 24.3 Å². The molecule has 0 bridgehead atoms. The van der Waals surface area contributed by atoms with Gasteiger partial charge < -0.3 is 15.2 Å². The molecule has 0 atom stereocenters. The van der Waals surface area contributed by atoms with Gasteiger partial charge in [-0.2, -0.15) is 0 Å². The maximum atomic E-state index is 11.4. The van der Waals surface area contributed by atoms with Crippen molar-refractivity contribution in [3.63, 3.8) is 0 Å². The fourth-order valence-corrected chi connectivity index (χ4v) is 1.06. The minimum absolute atomic E-state index is 0.167. The Bertz CT molecular complexity index is 353. The molecule has 0 saturated heterocycles. The third-order valence-electron chi connectivity index (χ3n) is 1.60. The zero-order chi connectivity index (χ0) is 11.3. The highest BCUT2D eigenvalue weighted by atomic mass is 16.5. The van der Waals surface area contributed by atoms with E-state index in [1.165, 1.54) is 6.07 Å². The van der Waals surface area contributed by atoms with Crippen molar-refractivity contribution in [1.29, 1.82) is 0 Å². The highest BCUT2D eigenvalue weighted by molar-refractivity contribution is 5.88. The van der Waals surface area contributed by atoms with E-state index in [9.17, 15) is 4.79 Å². The van der Waals surface area contributed by atoms with Crippen LogP contribution in [0.2, 0.25) is 0 Å². The standard InChI is InChI=1S/C10H14N2O3/c1-3-14-9-6-7(11)5-8(12-9)10(13)15-4-2/h5-6H,3-4H2,1-2H3,(H2,11,12). The number of anilines is 1. The van der Waals surface area contributed by atoms with E-state index in [2.05, 4.69) is 4.98 Å². The number of nitrogens with two attached hydrogens (primary N) is 1. The molecular weight excluding hydrogens is 196 g/mol. The van der Waals surface area contributed by atoms with Crippen molar-refractivity contribution in [3.8, 4) is 5.88 Å². The molecule has 1 heterocycles. The van der Waals surface area contributed by atoms with Gasteiger partial charge in [0.15, 0.2) is 5.69 Å². The lowest BCUT2D eigenvalue weighted by atomic mass is 10.3. The van der Waals surface area contributed by atoms with Crippen LogP contribution < -0.4 is 10.5 Å². The van der Waals surface area contributed by atoms with Gasteiger partial charge in [-0.05, 0) is 19.9 Å². The maximum Gasteiger partial charge on any atom is 0.357 e. The Hall–Kier alpha value is -1.78. The Kier molecular flexibility index (Phi) is 3.91. The second-order valence-corrected chi connectivity index (χ2v) is 2.78. The number of carbonyl (C=O) groups excluding carboxylic acids is 1. The van der Waals surface area contributed by atoms with Gasteiger partial charge in [0.2, 0.25) is 5.88 Å². The molecule has 0 saturated carbocycles. The molecule has 82 valence electrons. The van der Waals surface area contributed by atoms with Crippen LogP contribution in [-0.4, -0.2) is 24.2 Å². The van der Waals surface area contributed by atoms with Gasteiger partial charge in [0.25, 0.3) is 0 Å². The highest BCUT2D eigenvalue weighted by Crippen LogP contribution is 2.14. The minimum Gasteiger partial charge on any atom is -0.478 e. The average molecular weight is 210 g/mol. The van der Waals surface area contributed by atoms with Crippen LogP contribution in [0.25, 0.3) is 0 Å². The minimum atomic E-state index is -0.495. The first-order valence-corrected chi connectivity index (χ1v) is 4.74. The van der Waals surface area contributed by atoms with Crippen LogP contribution in [-0.2, 0) is 4.74 Å². The molecule has 0 aliphatic rings. The second-order valence-electron chi connectivity index (χ2n) is 2.78. The topological polar surface area (TPSA) is 74.4 Å². The molecule has 0 fully saturated rings. The smallest absolute Gasteiger partial charge is 0.357 e. The number of ether oxygens (including phenoxy) is 2. The number of esters is 1. The van der Waals surface area contributed by atoms with Crippen molar-refractivity contribution < 1.29 is 14.3 Å². The number of rotatable bonds is 4. The predicted octanol–water partition coefficient (Wildman–Crippen LogP) is 1.24. The SMILES string of the molecule is CCOC(=O)c1cc(N)cc(OCC)n1. The Morgan fingerprint density at radius 1 is 1.40 bits per heavy atom. The number of carbonyl (C=O) groups is 1. The van der Waals surface area contributed by atoms with Crippen molar-refractivity contribution in [2.75, 3.05) is 18.9 Å². The summed E-state index contributed by atoms with van der Waals surface area (Å²) in [5.41, 5.74) is 6.19. The van der Waals surface area contributed by atoms with Gasteiger partial charge in [0, 0.05) is 11.8 Å². The molecular formula is C10H14N2O3. The molecule has 1 aromatic heterocycles. The fraction of sp³-hybridized carbons (Fsp3) is 0.400. The molecule has 15 heavy (non-hydrogen) atoms. The van der Waals surface area contributed by atoms with E-state index in [1.54, 1.807) is 13.0 Å². The van der Waals surface area contributed by atoms with Gasteiger partial charge in [-0.25, -0.2) is 9.78 Å². The van der Waals surface area contributed by atoms with E-state index in [4.69, 9.17) is 15.2 Å². The van der Waals surface area contributed by atoms with Crippen LogP contribution >= 0.6 is 0 Å². The van der Waals surface area contributed by atoms with Crippen molar-refractivity contribution in [3.05, 3.63) is 17.8 Å². The average Bonchev–Trinajstić information content (AvgIpc) is 2.17. The van der Waals surface area contributed by atoms with E-state index in [-0.39, 0.29) is 5.69 Å². The monoisotopic (exact) mass is 210 g/mol. The van der Waals surface area contributed by atoms with Crippen LogP contribution in [0.5, 0.6) is 5.88 Å². The van der Waals surface area contributed by atoms with E-state index in [0.717, 1.165) is 0 Å². The lowest BCUT2D eigenvalue weighted by Gasteiger charge is -2.06. The lowest BCUT2D eigenvalue weighted by Crippen LogP contribution is -2.09. The summed E-state index contributed by atoms with van der Waals surface area (Å²) in [4.78, 5) is 15.3. The summed E-state index contributed by atoms with van der Waals surface area (Å²) < 4.78 is 9.96. The Morgan fingerprint density at radius 2 is 2.13 bits per heavy atom. The first-order chi connectivity index (χ1) is 7.17. The van der Waals surface area contributed by atoms with Crippen LogP contribution in [0.4, 0.5) is 5.69 Å². The van der Waals surface area contributed by atoms with E-state index in [1.807, 2.05) is 6.92 Å². The number of aromatic nitrogens is 1.